The van der Waals surface area contributed by atoms with Crippen molar-refractivity contribution in [3.05, 3.63) is 60.2 Å². The number of aliphatic hydroxyl groups excluding tert-OH is 1. The molecule has 20 heavy (non-hydrogen) atoms. The first-order chi connectivity index (χ1) is 9.81. The van der Waals surface area contributed by atoms with Gasteiger partial charge in [-0.25, -0.2) is 0 Å². The molecule has 2 aromatic rings. The van der Waals surface area contributed by atoms with Crippen LogP contribution in [0, 0.1) is 0 Å². The Morgan fingerprint density at radius 2 is 1.65 bits per heavy atom. The van der Waals surface area contributed by atoms with Crippen molar-refractivity contribution in [3.8, 4) is 11.1 Å². The maximum atomic E-state index is 9.71. The van der Waals surface area contributed by atoms with E-state index in [-0.39, 0.29) is 6.10 Å². The number of hydrogen-bond acceptors (Lipinski definition) is 2. The Labute approximate surface area is 120 Å². The zero-order valence-electron chi connectivity index (χ0n) is 11.7. The fourth-order valence-corrected chi connectivity index (χ4v) is 2.87. The summed E-state index contributed by atoms with van der Waals surface area (Å²) >= 11 is 0. The summed E-state index contributed by atoms with van der Waals surface area (Å²) in [6.07, 6.45) is 1.90. The molecule has 0 aliphatic carbocycles. The van der Waals surface area contributed by atoms with Crippen molar-refractivity contribution in [2.24, 2.45) is 0 Å². The van der Waals surface area contributed by atoms with Gasteiger partial charge in [-0.1, -0.05) is 54.6 Å². The van der Waals surface area contributed by atoms with E-state index in [4.69, 9.17) is 0 Å². The largest absolute Gasteiger partial charge is 0.392 e. The summed E-state index contributed by atoms with van der Waals surface area (Å²) in [5.74, 6) is 0. The maximum absolute atomic E-state index is 9.71. The van der Waals surface area contributed by atoms with Gasteiger partial charge in [0.2, 0.25) is 0 Å². The molecule has 1 fully saturated rings. The van der Waals surface area contributed by atoms with Crippen molar-refractivity contribution in [3.63, 3.8) is 0 Å². The molecule has 0 saturated carbocycles. The molecule has 0 radical (unpaired) electrons. The Morgan fingerprint density at radius 3 is 2.35 bits per heavy atom. The van der Waals surface area contributed by atoms with Crippen molar-refractivity contribution in [2.75, 3.05) is 13.1 Å². The molecule has 1 heterocycles. The average molecular weight is 267 g/mol. The van der Waals surface area contributed by atoms with Crippen LogP contribution in [-0.4, -0.2) is 29.2 Å². The van der Waals surface area contributed by atoms with Crippen molar-refractivity contribution in [2.45, 2.75) is 25.5 Å². The van der Waals surface area contributed by atoms with E-state index >= 15 is 0 Å². The van der Waals surface area contributed by atoms with Crippen molar-refractivity contribution < 1.29 is 5.11 Å². The Hall–Kier alpha value is -1.64. The third-order valence-electron chi connectivity index (χ3n) is 3.95. The van der Waals surface area contributed by atoms with Gasteiger partial charge in [0.25, 0.3) is 0 Å². The van der Waals surface area contributed by atoms with E-state index in [0.29, 0.717) is 0 Å². The van der Waals surface area contributed by atoms with Gasteiger partial charge in [0.1, 0.15) is 0 Å². The first kappa shape index (κ1) is 13.3. The van der Waals surface area contributed by atoms with E-state index in [1.54, 1.807) is 0 Å². The van der Waals surface area contributed by atoms with Crippen LogP contribution >= 0.6 is 0 Å². The van der Waals surface area contributed by atoms with E-state index in [1.807, 2.05) is 6.07 Å². The molecule has 104 valence electrons. The van der Waals surface area contributed by atoms with Gasteiger partial charge < -0.3 is 5.11 Å². The summed E-state index contributed by atoms with van der Waals surface area (Å²) in [5, 5.41) is 9.71. The van der Waals surface area contributed by atoms with E-state index in [9.17, 15) is 5.11 Å². The second-order valence-corrected chi connectivity index (χ2v) is 5.59. The Bertz CT molecular complexity index is 535. The predicted octanol–water partition coefficient (Wildman–Crippen LogP) is 3.31. The molecule has 1 saturated heterocycles. The molecular formula is C18H21NO. The molecule has 1 atom stereocenters. The molecule has 1 aliphatic rings. The highest BCUT2D eigenvalue weighted by molar-refractivity contribution is 5.63. The average Bonchev–Trinajstić information content (AvgIpc) is 2.49. The number of piperidine rings is 1. The van der Waals surface area contributed by atoms with E-state index in [2.05, 4.69) is 53.4 Å². The summed E-state index contributed by atoms with van der Waals surface area (Å²) < 4.78 is 0. The summed E-state index contributed by atoms with van der Waals surface area (Å²) in [7, 11) is 0. The molecule has 2 nitrogen and oxygen atoms in total. The zero-order chi connectivity index (χ0) is 13.8. The Kier molecular flexibility index (Phi) is 4.14. The number of hydrogen-bond donors (Lipinski definition) is 1. The van der Waals surface area contributed by atoms with Gasteiger partial charge in [-0.05, 0) is 36.1 Å². The van der Waals surface area contributed by atoms with Crippen LogP contribution in [0.2, 0.25) is 0 Å². The quantitative estimate of drug-likeness (QED) is 0.922. The van der Waals surface area contributed by atoms with Gasteiger partial charge in [-0.3, -0.25) is 4.90 Å². The highest BCUT2D eigenvalue weighted by Crippen LogP contribution is 2.20. The fourth-order valence-electron chi connectivity index (χ4n) is 2.87. The molecule has 2 aromatic carbocycles. The second-order valence-electron chi connectivity index (χ2n) is 5.59. The van der Waals surface area contributed by atoms with E-state index < -0.39 is 0 Å². The molecular weight excluding hydrogens is 246 g/mol. The normalized spacial score (nSPS) is 19.9. The van der Waals surface area contributed by atoms with Gasteiger partial charge in [0, 0.05) is 13.1 Å². The lowest BCUT2D eigenvalue weighted by molar-refractivity contribution is 0.0668. The lowest BCUT2D eigenvalue weighted by atomic mass is 10.0. The number of rotatable bonds is 3. The lowest BCUT2D eigenvalue weighted by Gasteiger charge is -2.29. The van der Waals surface area contributed by atoms with Crippen LogP contribution in [0.25, 0.3) is 11.1 Å². The summed E-state index contributed by atoms with van der Waals surface area (Å²) in [6.45, 7) is 2.84. The zero-order valence-corrected chi connectivity index (χ0v) is 11.7. The number of aliphatic hydroxyl groups is 1. The second kappa shape index (κ2) is 6.21. The smallest absolute Gasteiger partial charge is 0.0667 e. The van der Waals surface area contributed by atoms with Gasteiger partial charge >= 0.3 is 0 Å². The van der Waals surface area contributed by atoms with Crippen molar-refractivity contribution in [1.29, 1.82) is 0 Å². The molecule has 1 aliphatic heterocycles. The van der Waals surface area contributed by atoms with Crippen LogP contribution in [0.4, 0.5) is 0 Å². The lowest BCUT2D eigenvalue weighted by Crippen LogP contribution is -2.37. The van der Waals surface area contributed by atoms with Crippen LogP contribution < -0.4 is 0 Å². The molecule has 0 spiro atoms. The molecule has 0 aromatic heterocycles. The van der Waals surface area contributed by atoms with E-state index in [0.717, 1.165) is 32.5 Å². The van der Waals surface area contributed by atoms with Crippen LogP contribution in [0.1, 0.15) is 18.4 Å². The molecule has 3 rings (SSSR count). The number of nitrogens with zero attached hydrogens (tertiary/aromatic N) is 1. The molecule has 0 bridgehead atoms. The third kappa shape index (κ3) is 3.27. The van der Waals surface area contributed by atoms with Gasteiger partial charge in [-0.2, -0.15) is 0 Å². The monoisotopic (exact) mass is 267 g/mol. The first-order valence-electron chi connectivity index (χ1n) is 7.36. The van der Waals surface area contributed by atoms with Gasteiger partial charge in [0.05, 0.1) is 6.10 Å². The number of β-amino-alcohol motifs (C(OH)–C–C–N with tert-alkyl or cyclic N) is 1. The Morgan fingerprint density at radius 1 is 0.950 bits per heavy atom. The number of likely N-dealkylation sites (tertiary alicyclic amines) is 1. The maximum Gasteiger partial charge on any atom is 0.0667 e. The summed E-state index contributed by atoms with van der Waals surface area (Å²) in [6, 6.07) is 19.2. The van der Waals surface area contributed by atoms with Gasteiger partial charge in [0.15, 0.2) is 0 Å². The van der Waals surface area contributed by atoms with Gasteiger partial charge in [-0.15, -0.1) is 0 Å². The summed E-state index contributed by atoms with van der Waals surface area (Å²) in [5.41, 5.74) is 3.83. The predicted molar refractivity (Wildman–Crippen MR) is 82.4 cm³/mol. The molecule has 0 unspecified atom stereocenters. The van der Waals surface area contributed by atoms with E-state index in [1.165, 1.54) is 16.7 Å². The minimum atomic E-state index is -0.146. The topological polar surface area (TPSA) is 23.5 Å². The third-order valence-corrected chi connectivity index (χ3v) is 3.95. The van der Waals surface area contributed by atoms with Crippen LogP contribution in [0.15, 0.2) is 54.6 Å². The van der Waals surface area contributed by atoms with Crippen LogP contribution in [0.5, 0.6) is 0 Å². The minimum Gasteiger partial charge on any atom is -0.392 e. The molecule has 2 heteroatoms. The Balaban J connectivity index is 1.67. The highest BCUT2D eigenvalue weighted by atomic mass is 16.3. The van der Waals surface area contributed by atoms with Crippen LogP contribution in [0.3, 0.4) is 0 Å². The summed E-state index contributed by atoms with van der Waals surface area (Å²) in [4.78, 5) is 2.34. The standard InChI is InChI=1S/C18H21NO/c20-18-7-4-12-19(14-18)13-15-8-10-17(11-9-15)16-5-2-1-3-6-16/h1-3,5-6,8-11,18,20H,4,7,12-14H2/t18-/m0/s1. The highest BCUT2D eigenvalue weighted by Gasteiger charge is 2.17. The van der Waals surface area contributed by atoms with Crippen LogP contribution in [-0.2, 0) is 6.54 Å². The SMILES string of the molecule is O[C@H]1CCCN(Cc2ccc(-c3ccccc3)cc2)C1. The first-order valence-corrected chi connectivity index (χ1v) is 7.36. The minimum absolute atomic E-state index is 0.146. The van der Waals surface area contributed by atoms with Crippen molar-refractivity contribution in [1.82, 2.24) is 4.90 Å². The van der Waals surface area contributed by atoms with Crippen molar-refractivity contribution >= 4 is 0 Å². The molecule has 0 amide bonds. The number of benzene rings is 2. The fraction of sp³-hybridized carbons (Fsp3) is 0.333. The molecule has 1 N–H and O–H groups in total.